The monoisotopic (exact) mass is 290 g/mol. The van der Waals surface area contributed by atoms with Gasteiger partial charge in [0.05, 0.1) is 17.6 Å². The first-order chi connectivity index (χ1) is 10.1. The van der Waals surface area contributed by atoms with Crippen LogP contribution in [0.25, 0.3) is 0 Å². The van der Waals surface area contributed by atoms with Crippen LogP contribution in [0.5, 0.6) is 0 Å². The second-order valence-electron chi connectivity index (χ2n) is 4.56. The van der Waals surface area contributed by atoms with E-state index in [0.717, 1.165) is 0 Å². The van der Waals surface area contributed by atoms with Gasteiger partial charge in [-0.2, -0.15) is 0 Å². The molecule has 0 saturated carbocycles. The molecular formula is C15H15FN2O3. The highest BCUT2D eigenvalue weighted by atomic mass is 19.1. The number of nitro groups is 1. The molecule has 1 unspecified atom stereocenters. The first kappa shape index (κ1) is 15.1. The van der Waals surface area contributed by atoms with Crippen LogP contribution in [-0.2, 0) is 6.54 Å². The number of aliphatic hydroxyl groups is 1. The average Bonchev–Trinajstić information content (AvgIpc) is 2.48. The normalized spacial score (nSPS) is 12.1. The molecule has 0 spiro atoms. The molecule has 0 aliphatic rings. The van der Waals surface area contributed by atoms with Crippen molar-refractivity contribution in [2.75, 3.05) is 6.61 Å². The van der Waals surface area contributed by atoms with E-state index in [0.29, 0.717) is 11.1 Å². The summed E-state index contributed by atoms with van der Waals surface area (Å²) in [6.07, 6.45) is 0. The Morgan fingerprint density at radius 1 is 1.24 bits per heavy atom. The first-order valence-electron chi connectivity index (χ1n) is 6.44. The van der Waals surface area contributed by atoms with Crippen LogP contribution in [0.1, 0.15) is 17.2 Å². The maximum Gasteiger partial charge on any atom is 0.273 e. The number of nitrogens with zero attached hydrogens (tertiary/aromatic N) is 1. The lowest BCUT2D eigenvalue weighted by atomic mass is 10.1. The summed E-state index contributed by atoms with van der Waals surface area (Å²) in [4.78, 5) is 10.5. The highest BCUT2D eigenvalue weighted by Gasteiger charge is 2.15. The molecule has 1 atom stereocenters. The second kappa shape index (κ2) is 6.92. The summed E-state index contributed by atoms with van der Waals surface area (Å²) < 4.78 is 13.2. The summed E-state index contributed by atoms with van der Waals surface area (Å²) >= 11 is 0. The van der Waals surface area contributed by atoms with E-state index in [1.54, 1.807) is 30.3 Å². The number of rotatable bonds is 6. The SMILES string of the molecule is O=[N+]([O-])c1ccccc1CNC(CO)c1cccc(F)c1. The highest BCUT2D eigenvalue weighted by Crippen LogP contribution is 2.19. The predicted octanol–water partition coefficient (Wildman–Crippen LogP) is 2.56. The van der Waals surface area contributed by atoms with Gasteiger partial charge in [-0.15, -0.1) is 0 Å². The lowest BCUT2D eigenvalue weighted by Crippen LogP contribution is -2.24. The summed E-state index contributed by atoms with van der Waals surface area (Å²) in [7, 11) is 0. The van der Waals surface area contributed by atoms with Crippen molar-refractivity contribution in [1.29, 1.82) is 0 Å². The van der Waals surface area contributed by atoms with Gasteiger partial charge in [-0.25, -0.2) is 4.39 Å². The summed E-state index contributed by atoms with van der Waals surface area (Å²) in [6, 6.07) is 11.8. The van der Waals surface area contributed by atoms with Crippen molar-refractivity contribution >= 4 is 5.69 Å². The number of nitro benzene ring substituents is 1. The van der Waals surface area contributed by atoms with Crippen LogP contribution in [0.3, 0.4) is 0 Å². The van der Waals surface area contributed by atoms with Crippen molar-refractivity contribution < 1.29 is 14.4 Å². The van der Waals surface area contributed by atoms with E-state index < -0.39 is 16.8 Å². The topological polar surface area (TPSA) is 75.4 Å². The zero-order chi connectivity index (χ0) is 15.2. The average molecular weight is 290 g/mol. The zero-order valence-electron chi connectivity index (χ0n) is 11.2. The smallest absolute Gasteiger partial charge is 0.273 e. The van der Waals surface area contributed by atoms with Crippen LogP contribution in [-0.4, -0.2) is 16.6 Å². The van der Waals surface area contributed by atoms with E-state index in [1.165, 1.54) is 18.2 Å². The molecule has 2 aromatic rings. The molecule has 5 nitrogen and oxygen atoms in total. The Bertz CT molecular complexity index is 634. The molecule has 21 heavy (non-hydrogen) atoms. The largest absolute Gasteiger partial charge is 0.394 e. The molecular weight excluding hydrogens is 275 g/mol. The molecule has 0 aromatic heterocycles. The van der Waals surface area contributed by atoms with Crippen LogP contribution >= 0.6 is 0 Å². The third kappa shape index (κ3) is 3.84. The van der Waals surface area contributed by atoms with Crippen molar-refractivity contribution in [3.63, 3.8) is 0 Å². The van der Waals surface area contributed by atoms with E-state index in [9.17, 15) is 19.6 Å². The van der Waals surface area contributed by atoms with Crippen LogP contribution in [0, 0.1) is 15.9 Å². The standard InChI is InChI=1S/C15H15FN2O3/c16-13-6-3-5-11(8-13)14(10-19)17-9-12-4-1-2-7-15(12)18(20)21/h1-8,14,17,19H,9-10H2. The van der Waals surface area contributed by atoms with Gasteiger partial charge in [-0.3, -0.25) is 10.1 Å². The molecule has 0 bridgehead atoms. The van der Waals surface area contributed by atoms with Crippen molar-refractivity contribution in [1.82, 2.24) is 5.32 Å². The molecule has 2 rings (SSSR count). The molecule has 0 aliphatic carbocycles. The van der Waals surface area contributed by atoms with E-state index in [4.69, 9.17) is 0 Å². The minimum Gasteiger partial charge on any atom is -0.394 e. The van der Waals surface area contributed by atoms with Gasteiger partial charge in [-0.1, -0.05) is 30.3 Å². The zero-order valence-corrected chi connectivity index (χ0v) is 11.2. The first-order valence-corrected chi connectivity index (χ1v) is 6.44. The Kier molecular flexibility index (Phi) is 4.97. The number of benzene rings is 2. The Balaban J connectivity index is 2.12. The maximum atomic E-state index is 13.2. The van der Waals surface area contributed by atoms with Gasteiger partial charge in [0, 0.05) is 18.2 Å². The minimum atomic E-state index is -0.486. The molecule has 0 saturated heterocycles. The number of para-hydroxylation sites is 1. The van der Waals surface area contributed by atoms with Crippen LogP contribution < -0.4 is 5.32 Å². The number of hydrogen-bond donors (Lipinski definition) is 2. The lowest BCUT2D eigenvalue weighted by Gasteiger charge is -2.16. The molecule has 110 valence electrons. The van der Waals surface area contributed by atoms with Gasteiger partial charge >= 0.3 is 0 Å². The third-order valence-electron chi connectivity index (χ3n) is 3.16. The fourth-order valence-electron chi connectivity index (χ4n) is 2.08. The van der Waals surface area contributed by atoms with Gasteiger partial charge in [-0.05, 0) is 17.7 Å². The van der Waals surface area contributed by atoms with Gasteiger partial charge < -0.3 is 10.4 Å². The minimum absolute atomic E-state index is 0.0148. The molecule has 0 amide bonds. The molecule has 0 fully saturated rings. The summed E-state index contributed by atoms with van der Waals surface area (Å²) in [6.45, 7) is -0.0248. The van der Waals surface area contributed by atoms with Gasteiger partial charge in [0.2, 0.25) is 0 Å². The maximum absolute atomic E-state index is 13.2. The Labute approximate surface area is 121 Å². The van der Waals surface area contributed by atoms with Gasteiger partial charge in [0.25, 0.3) is 5.69 Å². The van der Waals surface area contributed by atoms with E-state index in [-0.39, 0.29) is 18.8 Å². The molecule has 0 aliphatic heterocycles. The summed E-state index contributed by atoms with van der Waals surface area (Å²) in [5, 5.41) is 23.3. The predicted molar refractivity (Wildman–Crippen MR) is 76.2 cm³/mol. The number of nitrogens with one attached hydrogen (secondary N) is 1. The molecule has 0 radical (unpaired) electrons. The van der Waals surface area contributed by atoms with E-state index in [2.05, 4.69) is 5.32 Å². The highest BCUT2D eigenvalue weighted by molar-refractivity contribution is 5.39. The van der Waals surface area contributed by atoms with Crippen LogP contribution in [0.15, 0.2) is 48.5 Å². The Morgan fingerprint density at radius 3 is 2.67 bits per heavy atom. The van der Waals surface area contributed by atoms with Crippen molar-refractivity contribution in [2.24, 2.45) is 0 Å². The summed E-state index contributed by atoms with van der Waals surface area (Å²) in [5.74, 6) is -0.390. The van der Waals surface area contributed by atoms with E-state index >= 15 is 0 Å². The molecule has 0 heterocycles. The number of aliphatic hydroxyl groups excluding tert-OH is 1. The Hall–Kier alpha value is -2.31. The quantitative estimate of drug-likeness (QED) is 0.633. The van der Waals surface area contributed by atoms with Crippen molar-refractivity contribution in [3.05, 3.63) is 75.6 Å². The number of hydrogen-bond acceptors (Lipinski definition) is 4. The third-order valence-corrected chi connectivity index (χ3v) is 3.16. The molecule has 2 aromatic carbocycles. The lowest BCUT2D eigenvalue weighted by molar-refractivity contribution is -0.385. The van der Waals surface area contributed by atoms with E-state index in [1.807, 2.05) is 0 Å². The molecule has 6 heteroatoms. The van der Waals surface area contributed by atoms with Crippen molar-refractivity contribution in [2.45, 2.75) is 12.6 Å². The fourth-order valence-corrected chi connectivity index (χ4v) is 2.08. The van der Waals surface area contributed by atoms with Crippen molar-refractivity contribution in [3.8, 4) is 0 Å². The van der Waals surface area contributed by atoms with Gasteiger partial charge in [0.1, 0.15) is 5.82 Å². The van der Waals surface area contributed by atoms with Crippen LogP contribution in [0.4, 0.5) is 10.1 Å². The fraction of sp³-hybridized carbons (Fsp3) is 0.200. The Morgan fingerprint density at radius 2 is 2.00 bits per heavy atom. The molecule has 2 N–H and O–H groups in total. The summed E-state index contributed by atoms with van der Waals surface area (Å²) in [5.41, 5.74) is 1.12. The second-order valence-corrected chi connectivity index (χ2v) is 4.56. The van der Waals surface area contributed by atoms with Crippen LogP contribution in [0.2, 0.25) is 0 Å². The number of halogens is 1. The van der Waals surface area contributed by atoms with Gasteiger partial charge in [0.15, 0.2) is 0 Å².